The number of carbonyl (C=O) groups excluding carboxylic acids is 2. The molecule has 1 aliphatic carbocycles. The van der Waals surface area contributed by atoms with Crippen LogP contribution in [0.3, 0.4) is 0 Å². The molecule has 1 fully saturated rings. The lowest BCUT2D eigenvalue weighted by atomic mass is 9.89. The van der Waals surface area contributed by atoms with Crippen LogP contribution in [0.25, 0.3) is 16.9 Å². The van der Waals surface area contributed by atoms with E-state index in [0.717, 1.165) is 48.2 Å². The predicted molar refractivity (Wildman–Crippen MR) is 125 cm³/mol. The minimum Gasteiger partial charge on any atom is -0.347 e. The summed E-state index contributed by atoms with van der Waals surface area (Å²) in [5.74, 6) is -0.0513. The monoisotopic (exact) mass is 430 g/mol. The van der Waals surface area contributed by atoms with Crippen LogP contribution in [0.2, 0.25) is 0 Å². The Hall–Kier alpha value is -3.41. The van der Waals surface area contributed by atoms with Crippen LogP contribution in [0.4, 0.5) is 0 Å². The van der Waals surface area contributed by atoms with Gasteiger partial charge < -0.3 is 10.2 Å². The molecule has 2 amide bonds. The number of nitrogens with one attached hydrogen (secondary N) is 1. The Bertz CT molecular complexity index is 1040. The van der Waals surface area contributed by atoms with Crippen LogP contribution in [0.1, 0.15) is 37.7 Å². The standard InChI is InChI=1S/C26H30N4O2/c1-29(24(31)17-27-26(32)21-13-7-3-8-14-21)18-22-19-30(23-15-9-4-10-16-23)28-25(22)20-11-5-2-6-12-20/h2,4-6,9-12,15-16,19,21H,3,7-8,13-14,17-18H2,1H3,(H,27,32). The zero-order chi connectivity index (χ0) is 22.3. The third-order valence-electron chi connectivity index (χ3n) is 6.08. The molecule has 0 unspecified atom stereocenters. The first kappa shape index (κ1) is 21.8. The molecule has 0 atom stereocenters. The summed E-state index contributed by atoms with van der Waals surface area (Å²) in [6.45, 7) is 0.439. The molecule has 32 heavy (non-hydrogen) atoms. The normalized spacial score (nSPS) is 14.2. The number of aromatic nitrogens is 2. The number of amides is 2. The minimum atomic E-state index is -0.111. The number of hydrogen-bond donors (Lipinski definition) is 1. The fourth-order valence-corrected chi connectivity index (χ4v) is 4.23. The van der Waals surface area contributed by atoms with Crippen molar-refractivity contribution < 1.29 is 9.59 Å². The first-order valence-corrected chi connectivity index (χ1v) is 11.3. The van der Waals surface area contributed by atoms with Gasteiger partial charge in [0.05, 0.1) is 17.9 Å². The second-order valence-electron chi connectivity index (χ2n) is 8.45. The molecule has 166 valence electrons. The van der Waals surface area contributed by atoms with Crippen molar-refractivity contribution in [3.63, 3.8) is 0 Å². The fraction of sp³-hybridized carbons (Fsp3) is 0.346. The van der Waals surface area contributed by atoms with E-state index in [1.54, 1.807) is 11.9 Å². The SMILES string of the molecule is CN(Cc1cn(-c2ccccc2)nc1-c1ccccc1)C(=O)CNC(=O)C1CCCCC1. The van der Waals surface area contributed by atoms with E-state index in [1.807, 2.05) is 71.5 Å². The molecule has 2 aromatic carbocycles. The first-order valence-electron chi connectivity index (χ1n) is 11.3. The molecule has 6 heteroatoms. The second-order valence-corrected chi connectivity index (χ2v) is 8.45. The highest BCUT2D eigenvalue weighted by Gasteiger charge is 2.22. The molecule has 1 aromatic heterocycles. The summed E-state index contributed by atoms with van der Waals surface area (Å²) in [6, 6.07) is 19.9. The molecule has 0 aliphatic heterocycles. The third-order valence-corrected chi connectivity index (χ3v) is 6.08. The van der Waals surface area contributed by atoms with Crippen molar-refractivity contribution >= 4 is 11.8 Å². The molecule has 0 saturated heterocycles. The molecule has 3 aromatic rings. The molecule has 4 rings (SSSR count). The molecular weight excluding hydrogens is 400 g/mol. The van der Waals surface area contributed by atoms with Gasteiger partial charge in [-0.15, -0.1) is 0 Å². The van der Waals surface area contributed by atoms with Crippen molar-refractivity contribution in [2.75, 3.05) is 13.6 Å². The van der Waals surface area contributed by atoms with Gasteiger partial charge >= 0.3 is 0 Å². The van der Waals surface area contributed by atoms with E-state index in [1.165, 1.54) is 6.42 Å². The maximum atomic E-state index is 12.7. The van der Waals surface area contributed by atoms with E-state index in [0.29, 0.717) is 6.54 Å². The number of likely N-dealkylation sites (N-methyl/N-ethyl adjacent to an activating group) is 1. The molecule has 0 radical (unpaired) electrons. The van der Waals surface area contributed by atoms with Crippen LogP contribution in [-0.4, -0.2) is 40.1 Å². The number of nitrogens with zero attached hydrogens (tertiary/aromatic N) is 3. The van der Waals surface area contributed by atoms with E-state index in [4.69, 9.17) is 5.10 Å². The third kappa shape index (κ3) is 5.25. The fourth-order valence-electron chi connectivity index (χ4n) is 4.23. The molecule has 1 saturated carbocycles. The number of carbonyl (C=O) groups is 2. The zero-order valence-corrected chi connectivity index (χ0v) is 18.5. The van der Waals surface area contributed by atoms with Crippen molar-refractivity contribution in [3.05, 3.63) is 72.4 Å². The molecule has 1 heterocycles. The maximum Gasteiger partial charge on any atom is 0.242 e. The summed E-state index contributed by atoms with van der Waals surface area (Å²) in [5, 5.41) is 7.65. The highest BCUT2D eigenvalue weighted by atomic mass is 16.2. The Labute approximate surface area is 189 Å². The second kappa shape index (κ2) is 10.3. The number of rotatable bonds is 7. The largest absolute Gasteiger partial charge is 0.347 e. The molecule has 1 N–H and O–H groups in total. The van der Waals surface area contributed by atoms with E-state index in [2.05, 4.69) is 5.32 Å². The average Bonchev–Trinajstić information content (AvgIpc) is 3.27. The van der Waals surface area contributed by atoms with Crippen LogP contribution < -0.4 is 5.32 Å². The summed E-state index contributed by atoms with van der Waals surface area (Å²) in [5.41, 5.74) is 3.77. The van der Waals surface area contributed by atoms with Gasteiger partial charge in [-0.1, -0.05) is 67.8 Å². The Balaban J connectivity index is 1.46. The molecule has 1 aliphatic rings. The topological polar surface area (TPSA) is 67.2 Å². The summed E-state index contributed by atoms with van der Waals surface area (Å²) in [6.07, 6.45) is 7.22. The number of hydrogen-bond acceptors (Lipinski definition) is 3. The van der Waals surface area contributed by atoms with Crippen molar-refractivity contribution in [3.8, 4) is 16.9 Å². The van der Waals surface area contributed by atoms with Gasteiger partial charge in [0, 0.05) is 36.8 Å². The van der Waals surface area contributed by atoms with E-state index in [-0.39, 0.29) is 24.3 Å². The van der Waals surface area contributed by atoms with Gasteiger partial charge in [0.1, 0.15) is 0 Å². The quantitative estimate of drug-likeness (QED) is 0.611. The van der Waals surface area contributed by atoms with Crippen LogP contribution in [0, 0.1) is 5.92 Å². The maximum absolute atomic E-state index is 12.7. The summed E-state index contributed by atoms with van der Waals surface area (Å²) in [7, 11) is 1.77. The van der Waals surface area contributed by atoms with Gasteiger partial charge in [0.2, 0.25) is 11.8 Å². The van der Waals surface area contributed by atoms with Gasteiger partial charge in [-0.25, -0.2) is 4.68 Å². The van der Waals surface area contributed by atoms with Crippen LogP contribution in [0.15, 0.2) is 66.9 Å². The Kier molecular flexibility index (Phi) is 7.00. The minimum absolute atomic E-state index is 0.00771. The van der Waals surface area contributed by atoms with Crippen LogP contribution in [-0.2, 0) is 16.1 Å². The van der Waals surface area contributed by atoms with Crippen LogP contribution in [0.5, 0.6) is 0 Å². The van der Waals surface area contributed by atoms with E-state index < -0.39 is 0 Å². The number of benzene rings is 2. The Morgan fingerprint density at radius 3 is 2.34 bits per heavy atom. The van der Waals surface area contributed by atoms with E-state index >= 15 is 0 Å². The lowest BCUT2D eigenvalue weighted by molar-refractivity contribution is -0.133. The first-order chi connectivity index (χ1) is 15.6. The van der Waals surface area contributed by atoms with Gasteiger partial charge in [0.25, 0.3) is 0 Å². The molecule has 6 nitrogen and oxygen atoms in total. The van der Waals surface area contributed by atoms with Gasteiger partial charge in [-0.3, -0.25) is 9.59 Å². The summed E-state index contributed by atoms with van der Waals surface area (Å²) in [4.78, 5) is 26.8. The van der Waals surface area contributed by atoms with Crippen molar-refractivity contribution in [2.45, 2.75) is 38.6 Å². The van der Waals surface area contributed by atoms with Gasteiger partial charge in [0.15, 0.2) is 0 Å². The average molecular weight is 431 g/mol. The predicted octanol–water partition coefficient (Wildman–Crippen LogP) is 4.19. The summed E-state index contributed by atoms with van der Waals surface area (Å²) >= 11 is 0. The van der Waals surface area contributed by atoms with Crippen molar-refractivity contribution in [1.29, 1.82) is 0 Å². The zero-order valence-electron chi connectivity index (χ0n) is 18.5. The Morgan fingerprint density at radius 1 is 1.00 bits per heavy atom. The molecule has 0 spiro atoms. The lowest BCUT2D eigenvalue weighted by Gasteiger charge is -2.22. The van der Waals surface area contributed by atoms with E-state index in [9.17, 15) is 9.59 Å². The van der Waals surface area contributed by atoms with Gasteiger partial charge in [-0.2, -0.15) is 5.10 Å². The number of para-hydroxylation sites is 1. The Morgan fingerprint density at radius 2 is 1.66 bits per heavy atom. The van der Waals surface area contributed by atoms with Crippen molar-refractivity contribution in [2.24, 2.45) is 5.92 Å². The molecule has 0 bridgehead atoms. The lowest BCUT2D eigenvalue weighted by Crippen LogP contribution is -2.40. The van der Waals surface area contributed by atoms with Crippen molar-refractivity contribution in [1.82, 2.24) is 20.0 Å². The highest BCUT2D eigenvalue weighted by molar-refractivity contribution is 5.85. The van der Waals surface area contributed by atoms with Gasteiger partial charge in [-0.05, 0) is 25.0 Å². The highest BCUT2D eigenvalue weighted by Crippen LogP contribution is 2.25. The molecular formula is C26H30N4O2. The smallest absolute Gasteiger partial charge is 0.242 e. The summed E-state index contributed by atoms with van der Waals surface area (Å²) < 4.78 is 1.85. The van der Waals surface area contributed by atoms with Crippen LogP contribution >= 0.6 is 0 Å².